The molecule has 0 fully saturated rings. The van der Waals surface area contributed by atoms with Crippen molar-refractivity contribution in [2.24, 2.45) is 0 Å². The van der Waals surface area contributed by atoms with E-state index in [2.05, 4.69) is 15.3 Å². The Labute approximate surface area is 92.7 Å². The Kier molecular flexibility index (Phi) is 2.59. The Bertz CT molecular complexity index is 505. The molecule has 2 aromatic rings. The van der Waals surface area contributed by atoms with Crippen LogP contribution >= 0.6 is 0 Å². The summed E-state index contributed by atoms with van der Waals surface area (Å²) in [6, 6.07) is 5.30. The van der Waals surface area contributed by atoms with Crippen molar-refractivity contribution in [1.29, 1.82) is 0 Å². The summed E-state index contributed by atoms with van der Waals surface area (Å²) in [6.07, 6.45) is 3.20. The number of aryl methyl sites for hydroxylation is 1. The largest absolute Gasteiger partial charge is 0.398 e. The molecule has 0 atom stereocenters. The van der Waals surface area contributed by atoms with Gasteiger partial charge >= 0.3 is 0 Å². The van der Waals surface area contributed by atoms with Crippen LogP contribution in [0.2, 0.25) is 0 Å². The minimum absolute atomic E-state index is 0.271. The average molecular weight is 216 g/mol. The number of nitrogen functional groups attached to an aromatic ring is 1. The molecule has 0 aliphatic heterocycles. The summed E-state index contributed by atoms with van der Waals surface area (Å²) in [5.74, 6) is 0.137. The van der Waals surface area contributed by atoms with E-state index in [0.717, 1.165) is 5.56 Å². The maximum absolute atomic E-state index is 11.8. The van der Waals surface area contributed by atoms with Crippen molar-refractivity contribution in [2.75, 3.05) is 11.1 Å². The van der Waals surface area contributed by atoms with Crippen LogP contribution in [0.25, 0.3) is 0 Å². The van der Waals surface area contributed by atoms with Gasteiger partial charge in [-0.15, -0.1) is 0 Å². The van der Waals surface area contributed by atoms with Crippen molar-refractivity contribution in [2.45, 2.75) is 6.92 Å². The van der Waals surface area contributed by atoms with E-state index in [1.165, 1.54) is 0 Å². The molecule has 4 N–H and O–H groups in total. The van der Waals surface area contributed by atoms with Gasteiger partial charge < -0.3 is 10.7 Å². The Morgan fingerprint density at radius 3 is 2.94 bits per heavy atom. The summed E-state index contributed by atoms with van der Waals surface area (Å²) in [5, 5.41) is 2.61. The molecule has 1 amide bonds. The van der Waals surface area contributed by atoms with Crippen molar-refractivity contribution in [1.82, 2.24) is 9.97 Å². The lowest BCUT2D eigenvalue weighted by molar-refractivity contribution is 0.102. The zero-order valence-corrected chi connectivity index (χ0v) is 8.82. The Morgan fingerprint density at radius 1 is 1.50 bits per heavy atom. The quantitative estimate of drug-likeness (QED) is 0.666. The minimum Gasteiger partial charge on any atom is -0.398 e. The van der Waals surface area contributed by atoms with E-state index in [0.29, 0.717) is 17.2 Å². The molecule has 16 heavy (non-hydrogen) atoms. The summed E-state index contributed by atoms with van der Waals surface area (Å²) >= 11 is 0. The molecule has 5 nitrogen and oxygen atoms in total. The standard InChI is InChI=1S/C11H12N4O/c1-7-2-3-8(9(12)6-7)10(16)15-11-13-4-5-14-11/h2-6H,12H2,1H3,(H2,13,14,15,16). The fourth-order valence-electron chi connectivity index (χ4n) is 1.40. The summed E-state index contributed by atoms with van der Waals surface area (Å²) in [6.45, 7) is 1.92. The number of hydrogen-bond donors (Lipinski definition) is 3. The number of nitrogens with one attached hydrogen (secondary N) is 2. The fraction of sp³-hybridized carbons (Fsp3) is 0.0909. The molecule has 0 aliphatic carbocycles. The number of nitrogens with two attached hydrogens (primary N) is 1. The molecule has 0 unspecified atom stereocenters. The van der Waals surface area contributed by atoms with Gasteiger partial charge in [-0.05, 0) is 24.6 Å². The molecule has 0 aliphatic rings. The van der Waals surface area contributed by atoms with Crippen molar-refractivity contribution in [3.63, 3.8) is 0 Å². The highest BCUT2D eigenvalue weighted by atomic mass is 16.1. The molecule has 0 spiro atoms. The fourth-order valence-corrected chi connectivity index (χ4v) is 1.40. The van der Waals surface area contributed by atoms with Gasteiger partial charge in [0.1, 0.15) is 0 Å². The van der Waals surface area contributed by atoms with Crippen LogP contribution in [0.3, 0.4) is 0 Å². The number of H-pyrrole nitrogens is 1. The summed E-state index contributed by atoms with van der Waals surface area (Å²) in [4.78, 5) is 18.5. The van der Waals surface area contributed by atoms with E-state index in [1.54, 1.807) is 24.5 Å². The molecule has 0 bridgehead atoms. The van der Waals surface area contributed by atoms with Crippen LogP contribution in [0.15, 0.2) is 30.6 Å². The van der Waals surface area contributed by atoms with Crippen LogP contribution in [0, 0.1) is 6.92 Å². The number of aromatic amines is 1. The highest BCUT2D eigenvalue weighted by Crippen LogP contribution is 2.14. The number of aromatic nitrogens is 2. The number of rotatable bonds is 2. The lowest BCUT2D eigenvalue weighted by Crippen LogP contribution is -2.14. The normalized spacial score (nSPS) is 10.1. The molecule has 1 heterocycles. The second-order valence-corrected chi connectivity index (χ2v) is 3.48. The number of benzene rings is 1. The zero-order chi connectivity index (χ0) is 11.5. The van der Waals surface area contributed by atoms with Crippen molar-refractivity contribution >= 4 is 17.5 Å². The van der Waals surface area contributed by atoms with E-state index >= 15 is 0 Å². The van der Waals surface area contributed by atoms with Gasteiger partial charge in [0.05, 0.1) is 5.56 Å². The topological polar surface area (TPSA) is 83.8 Å². The highest BCUT2D eigenvalue weighted by molar-refractivity contribution is 6.06. The maximum atomic E-state index is 11.8. The Balaban J connectivity index is 2.21. The third kappa shape index (κ3) is 2.03. The second-order valence-electron chi connectivity index (χ2n) is 3.48. The molecule has 2 rings (SSSR count). The van der Waals surface area contributed by atoms with E-state index < -0.39 is 0 Å². The van der Waals surface area contributed by atoms with Gasteiger partial charge in [0.25, 0.3) is 5.91 Å². The van der Waals surface area contributed by atoms with Crippen LogP contribution in [0.4, 0.5) is 11.6 Å². The number of nitrogens with zero attached hydrogens (tertiary/aromatic N) is 1. The van der Waals surface area contributed by atoms with E-state index in [-0.39, 0.29) is 5.91 Å². The first kappa shape index (κ1) is 10.2. The first-order valence-corrected chi connectivity index (χ1v) is 4.83. The first-order chi connectivity index (χ1) is 7.66. The number of carbonyl (C=O) groups excluding carboxylic acids is 1. The number of hydrogen-bond acceptors (Lipinski definition) is 3. The predicted molar refractivity (Wildman–Crippen MR) is 62.1 cm³/mol. The third-order valence-corrected chi connectivity index (χ3v) is 2.18. The smallest absolute Gasteiger partial charge is 0.260 e. The molecule has 0 radical (unpaired) electrons. The lowest BCUT2D eigenvalue weighted by atomic mass is 10.1. The minimum atomic E-state index is -0.271. The maximum Gasteiger partial charge on any atom is 0.260 e. The van der Waals surface area contributed by atoms with Gasteiger partial charge in [-0.25, -0.2) is 4.98 Å². The van der Waals surface area contributed by atoms with Gasteiger partial charge in [0.2, 0.25) is 5.95 Å². The van der Waals surface area contributed by atoms with Gasteiger partial charge in [0, 0.05) is 18.1 Å². The lowest BCUT2D eigenvalue weighted by Gasteiger charge is -2.05. The van der Waals surface area contributed by atoms with Crippen LogP contribution in [0.5, 0.6) is 0 Å². The summed E-state index contributed by atoms with van der Waals surface area (Å²) in [5.41, 5.74) is 7.69. The van der Waals surface area contributed by atoms with Crippen molar-refractivity contribution in [3.8, 4) is 0 Å². The monoisotopic (exact) mass is 216 g/mol. The zero-order valence-electron chi connectivity index (χ0n) is 8.82. The molecule has 5 heteroatoms. The number of anilines is 2. The molecular formula is C11H12N4O. The molecular weight excluding hydrogens is 204 g/mol. The van der Waals surface area contributed by atoms with E-state index in [4.69, 9.17) is 5.73 Å². The second kappa shape index (κ2) is 4.06. The number of carbonyl (C=O) groups is 1. The van der Waals surface area contributed by atoms with Gasteiger partial charge in [-0.2, -0.15) is 0 Å². The third-order valence-electron chi connectivity index (χ3n) is 2.18. The SMILES string of the molecule is Cc1ccc(C(=O)Nc2ncc[nH]2)c(N)c1. The van der Waals surface area contributed by atoms with Crippen LogP contribution in [0.1, 0.15) is 15.9 Å². The number of amides is 1. The molecule has 82 valence electrons. The summed E-state index contributed by atoms with van der Waals surface area (Å²) < 4.78 is 0. The Morgan fingerprint density at radius 2 is 2.31 bits per heavy atom. The van der Waals surface area contributed by atoms with Crippen molar-refractivity contribution in [3.05, 3.63) is 41.7 Å². The Hall–Kier alpha value is -2.30. The van der Waals surface area contributed by atoms with E-state index in [9.17, 15) is 4.79 Å². The number of imidazole rings is 1. The molecule has 0 saturated heterocycles. The molecule has 1 aromatic carbocycles. The first-order valence-electron chi connectivity index (χ1n) is 4.83. The molecule has 0 saturated carbocycles. The van der Waals surface area contributed by atoms with Crippen LogP contribution < -0.4 is 11.1 Å². The van der Waals surface area contributed by atoms with Crippen molar-refractivity contribution < 1.29 is 4.79 Å². The van der Waals surface area contributed by atoms with Crippen LogP contribution in [-0.4, -0.2) is 15.9 Å². The van der Waals surface area contributed by atoms with Gasteiger partial charge in [-0.3, -0.25) is 10.1 Å². The van der Waals surface area contributed by atoms with E-state index in [1.807, 2.05) is 13.0 Å². The predicted octanol–water partition coefficient (Wildman–Crippen LogP) is 1.55. The average Bonchev–Trinajstić information content (AvgIpc) is 2.70. The summed E-state index contributed by atoms with van der Waals surface area (Å²) in [7, 11) is 0. The van der Waals surface area contributed by atoms with Gasteiger partial charge in [0.15, 0.2) is 0 Å². The molecule has 1 aromatic heterocycles. The van der Waals surface area contributed by atoms with Crippen LogP contribution in [-0.2, 0) is 0 Å². The highest BCUT2D eigenvalue weighted by Gasteiger charge is 2.10. The van der Waals surface area contributed by atoms with Gasteiger partial charge in [-0.1, -0.05) is 6.07 Å².